The Labute approximate surface area is 185 Å². The standard InChI is InChI=1S/C19H17F4N3O4S2/c1-24-32(27,28)15-5-2-12(3-6-15)26(10-14-9-25-11-31-14)13-4-7-16(29-18(20)21)17(8-13)30-19(22)23/h2-9,11,18-19,24H,10H2,1H3. The Morgan fingerprint density at radius 1 is 1.00 bits per heavy atom. The maximum Gasteiger partial charge on any atom is 0.387 e. The Bertz CT molecular complexity index is 1130. The van der Waals surface area contributed by atoms with Gasteiger partial charge >= 0.3 is 13.2 Å². The largest absolute Gasteiger partial charge is 0.431 e. The number of anilines is 2. The van der Waals surface area contributed by atoms with E-state index in [9.17, 15) is 26.0 Å². The fraction of sp³-hybridized carbons (Fsp3) is 0.211. The number of rotatable bonds is 10. The zero-order chi connectivity index (χ0) is 23.3. The van der Waals surface area contributed by atoms with E-state index < -0.39 is 34.7 Å². The molecule has 0 saturated heterocycles. The highest BCUT2D eigenvalue weighted by Crippen LogP contribution is 2.37. The number of sulfonamides is 1. The molecule has 0 aliphatic heterocycles. The molecule has 0 unspecified atom stereocenters. The maximum atomic E-state index is 12.8. The maximum absolute atomic E-state index is 12.8. The van der Waals surface area contributed by atoms with Crippen molar-refractivity contribution in [3.63, 3.8) is 0 Å². The van der Waals surface area contributed by atoms with Crippen LogP contribution in [0.4, 0.5) is 28.9 Å². The topological polar surface area (TPSA) is 80.8 Å². The number of alkyl halides is 4. The van der Waals surface area contributed by atoms with Gasteiger partial charge in [0.1, 0.15) is 0 Å². The van der Waals surface area contributed by atoms with Crippen molar-refractivity contribution in [2.45, 2.75) is 24.7 Å². The van der Waals surface area contributed by atoms with Crippen LogP contribution in [0.25, 0.3) is 0 Å². The van der Waals surface area contributed by atoms with Gasteiger partial charge in [-0.25, -0.2) is 13.1 Å². The summed E-state index contributed by atoms with van der Waals surface area (Å²) in [6.07, 6.45) is 1.61. The first-order chi connectivity index (χ1) is 15.2. The highest BCUT2D eigenvalue weighted by Gasteiger charge is 2.20. The van der Waals surface area contributed by atoms with E-state index in [0.717, 1.165) is 17.0 Å². The van der Waals surface area contributed by atoms with Crippen LogP contribution in [0, 0.1) is 0 Å². The van der Waals surface area contributed by atoms with Crippen LogP contribution in [0.3, 0.4) is 0 Å². The summed E-state index contributed by atoms with van der Waals surface area (Å²) in [5.74, 6) is -1.11. The van der Waals surface area contributed by atoms with E-state index >= 15 is 0 Å². The van der Waals surface area contributed by atoms with Gasteiger partial charge in [-0.3, -0.25) is 4.98 Å². The van der Waals surface area contributed by atoms with Gasteiger partial charge in [0, 0.05) is 28.5 Å². The second-order valence-electron chi connectivity index (χ2n) is 6.14. The lowest BCUT2D eigenvalue weighted by molar-refractivity contribution is -0.0692. The SMILES string of the molecule is CNS(=O)(=O)c1ccc(N(Cc2cncs2)c2ccc(OC(F)F)c(OC(F)F)c2)cc1. The van der Waals surface area contributed by atoms with Crippen LogP contribution in [0.5, 0.6) is 11.5 Å². The molecular formula is C19H17F4N3O4S2. The second-order valence-corrected chi connectivity index (χ2v) is 9.00. The molecule has 172 valence electrons. The molecule has 0 saturated carbocycles. The predicted octanol–water partition coefficient (Wildman–Crippen LogP) is 4.59. The van der Waals surface area contributed by atoms with Crippen molar-refractivity contribution in [1.82, 2.24) is 9.71 Å². The molecule has 0 fully saturated rings. The van der Waals surface area contributed by atoms with Gasteiger partial charge in [-0.2, -0.15) is 17.6 Å². The zero-order valence-electron chi connectivity index (χ0n) is 16.4. The second kappa shape index (κ2) is 10.1. The van der Waals surface area contributed by atoms with Crippen LogP contribution in [-0.2, 0) is 16.6 Å². The van der Waals surface area contributed by atoms with E-state index in [4.69, 9.17) is 0 Å². The van der Waals surface area contributed by atoms with Crippen molar-refractivity contribution in [3.05, 3.63) is 59.0 Å². The molecule has 0 aliphatic rings. The third kappa shape index (κ3) is 5.87. The van der Waals surface area contributed by atoms with Crippen molar-refractivity contribution < 1.29 is 35.5 Å². The minimum Gasteiger partial charge on any atom is -0.431 e. The van der Waals surface area contributed by atoms with Crippen molar-refractivity contribution >= 4 is 32.7 Å². The van der Waals surface area contributed by atoms with E-state index in [1.54, 1.807) is 16.6 Å². The van der Waals surface area contributed by atoms with Gasteiger partial charge < -0.3 is 14.4 Å². The van der Waals surface area contributed by atoms with Crippen molar-refractivity contribution in [2.24, 2.45) is 0 Å². The number of nitrogens with zero attached hydrogens (tertiary/aromatic N) is 2. The van der Waals surface area contributed by atoms with Gasteiger partial charge in [0.2, 0.25) is 10.0 Å². The van der Waals surface area contributed by atoms with Gasteiger partial charge in [0.05, 0.1) is 17.0 Å². The molecule has 0 spiro atoms. The third-order valence-corrected chi connectivity index (χ3v) is 6.39. The Hall–Kier alpha value is -2.90. The van der Waals surface area contributed by atoms with Crippen LogP contribution in [0.15, 0.2) is 59.1 Å². The molecule has 1 aromatic heterocycles. The van der Waals surface area contributed by atoms with Gasteiger partial charge in [-0.15, -0.1) is 11.3 Å². The molecule has 1 heterocycles. The molecule has 13 heteroatoms. The monoisotopic (exact) mass is 491 g/mol. The van der Waals surface area contributed by atoms with Crippen molar-refractivity contribution in [1.29, 1.82) is 0 Å². The van der Waals surface area contributed by atoms with E-state index in [2.05, 4.69) is 19.2 Å². The molecule has 0 aliphatic carbocycles. The van der Waals surface area contributed by atoms with E-state index in [1.165, 1.54) is 48.7 Å². The van der Waals surface area contributed by atoms with Gasteiger partial charge in [0.15, 0.2) is 11.5 Å². The average molecular weight is 491 g/mol. The number of nitrogens with one attached hydrogen (secondary N) is 1. The fourth-order valence-corrected chi connectivity index (χ4v) is 4.09. The van der Waals surface area contributed by atoms with Crippen LogP contribution < -0.4 is 19.1 Å². The number of benzene rings is 2. The molecule has 7 nitrogen and oxygen atoms in total. The molecule has 0 atom stereocenters. The highest BCUT2D eigenvalue weighted by atomic mass is 32.2. The van der Waals surface area contributed by atoms with E-state index in [1.807, 2.05) is 0 Å². The molecule has 1 N–H and O–H groups in total. The Kier molecular flexibility index (Phi) is 7.53. The zero-order valence-corrected chi connectivity index (χ0v) is 18.0. The highest BCUT2D eigenvalue weighted by molar-refractivity contribution is 7.89. The lowest BCUT2D eigenvalue weighted by Gasteiger charge is -2.25. The predicted molar refractivity (Wildman–Crippen MR) is 110 cm³/mol. The summed E-state index contributed by atoms with van der Waals surface area (Å²) in [5, 5.41) is 0. The average Bonchev–Trinajstić information content (AvgIpc) is 3.26. The number of thiazole rings is 1. The minimum absolute atomic E-state index is 0.0314. The Morgan fingerprint density at radius 2 is 1.62 bits per heavy atom. The van der Waals surface area contributed by atoms with Gasteiger partial charge in [-0.1, -0.05) is 0 Å². The van der Waals surface area contributed by atoms with Crippen LogP contribution >= 0.6 is 11.3 Å². The molecular weight excluding hydrogens is 474 g/mol. The molecule has 0 amide bonds. The third-order valence-electron chi connectivity index (χ3n) is 4.20. The normalized spacial score (nSPS) is 11.7. The van der Waals surface area contributed by atoms with E-state index in [0.29, 0.717) is 11.4 Å². The van der Waals surface area contributed by atoms with Gasteiger partial charge in [0.25, 0.3) is 0 Å². The number of hydrogen-bond donors (Lipinski definition) is 1. The first kappa shape index (κ1) is 23.8. The smallest absolute Gasteiger partial charge is 0.387 e. The van der Waals surface area contributed by atoms with Crippen LogP contribution in [0.2, 0.25) is 0 Å². The van der Waals surface area contributed by atoms with E-state index in [-0.39, 0.29) is 11.4 Å². The van der Waals surface area contributed by atoms with Crippen molar-refractivity contribution in [3.8, 4) is 11.5 Å². The molecule has 32 heavy (non-hydrogen) atoms. The molecule has 3 rings (SSSR count). The van der Waals surface area contributed by atoms with Gasteiger partial charge in [-0.05, 0) is 43.4 Å². The summed E-state index contributed by atoms with van der Waals surface area (Å²) in [5.41, 5.74) is 2.44. The first-order valence-electron chi connectivity index (χ1n) is 8.92. The molecule has 0 radical (unpaired) electrons. The molecule has 0 bridgehead atoms. The number of aromatic nitrogens is 1. The quantitative estimate of drug-likeness (QED) is 0.418. The lowest BCUT2D eigenvalue weighted by atomic mass is 10.2. The van der Waals surface area contributed by atoms with Crippen molar-refractivity contribution in [2.75, 3.05) is 11.9 Å². The Morgan fingerprint density at radius 3 is 2.19 bits per heavy atom. The summed E-state index contributed by atoms with van der Waals surface area (Å²) in [6.45, 7) is -6.24. The molecule has 2 aromatic carbocycles. The first-order valence-corrected chi connectivity index (χ1v) is 11.3. The minimum atomic E-state index is -3.66. The van der Waals surface area contributed by atoms with Crippen LogP contribution in [-0.4, -0.2) is 33.7 Å². The number of halogens is 4. The summed E-state index contributed by atoms with van der Waals surface area (Å²) in [4.78, 5) is 6.50. The summed E-state index contributed by atoms with van der Waals surface area (Å²) >= 11 is 1.34. The molecule has 3 aromatic rings. The Balaban J connectivity index is 2.04. The number of hydrogen-bond acceptors (Lipinski definition) is 7. The summed E-state index contributed by atoms with van der Waals surface area (Å²) in [7, 11) is -2.38. The summed E-state index contributed by atoms with van der Waals surface area (Å²) in [6, 6.07) is 9.46. The summed E-state index contributed by atoms with van der Waals surface area (Å²) < 4.78 is 85.8. The lowest BCUT2D eigenvalue weighted by Crippen LogP contribution is -2.19. The fourth-order valence-electron chi connectivity index (χ4n) is 2.78. The van der Waals surface area contributed by atoms with Crippen LogP contribution in [0.1, 0.15) is 4.88 Å². The number of ether oxygens (including phenoxy) is 2.